The van der Waals surface area contributed by atoms with Crippen molar-refractivity contribution in [2.75, 3.05) is 5.73 Å². The second kappa shape index (κ2) is 6.40. The maximum Gasteiger partial charge on any atom is 0.223 e. The Balaban J connectivity index is 1.43. The van der Waals surface area contributed by atoms with Gasteiger partial charge in [0.15, 0.2) is 17.3 Å². The van der Waals surface area contributed by atoms with Crippen molar-refractivity contribution in [3.63, 3.8) is 0 Å². The number of nitrogen functional groups attached to an aromatic ring is 1. The number of nitrogens with zero attached hydrogens (tertiary/aromatic N) is 5. The zero-order valence-electron chi connectivity index (χ0n) is 16.5. The van der Waals surface area contributed by atoms with Crippen molar-refractivity contribution in [2.24, 2.45) is 0 Å². The predicted octanol–water partition coefficient (Wildman–Crippen LogP) is 3.42. The number of halogens is 2. The van der Waals surface area contributed by atoms with Crippen LogP contribution in [-0.2, 0) is 5.60 Å². The summed E-state index contributed by atoms with van der Waals surface area (Å²) in [5.74, 6) is -0.556. The van der Waals surface area contributed by atoms with E-state index in [-0.39, 0.29) is 28.7 Å². The van der Waals surface area contributed by atoms with Crippen LogP contribution in [0, 0.1) is 11.6 Å². The van der Waals surface area contributed by atoms with E-state index in [2.05, 4.69) is 20.1 Å². The van der Waals surface area contributed by atoms with Crippen LogP contribution in [0.15, 0.2) is 30.5 Å². The molecule has 1 aliphatic rings. The van der Waals surface area contributed by atoms with Crippen LogP contribution in [0.2, 0.25) is 0 Å². The molecule has 0 atom stereocenters. The lowest BCUT2D eigenvalue weighted by molar-refractivity contribution is 0.0781. The highest BCUT2D eigenvalue weighted by Crippen LogP contribution is 2.46. The van der Waals surface area contributed by atoms with Crippen molar-refractivity contribution in [1.82, 2.24) is 24.6 Å². The molecule has 0 amide bonds. The minimum absolute atomic E-state index is 0.00139. The topological polar surface area (TPSA) is 102 Å². The highest BCUT2D eigenvalue weighted by Gasteiger charge is 2.35. The van der Waals surface area contributed by atoms with E-state index in [9.17, 15) is 13.9 Å². The second-order valence-electron chi connectivity index (χ2n) is 8.36. The van der Waals surface area contributed by atoms with Crippen molar-refractivity contribution >= 4 is 22.5 Å². The molecule has 1 aliphatic carbocycles. The molecule has 7 nitrogen and oxygen atoms in total. The first-order valence-electron chi connectivity index (χ1n) is 9.70. The van der Waals surface area contributed by atoms with Gasteiger partial charge in [0.25, 0.3) is 0 Å². The fraction of sp³-hybridized carbons (Fsp3) is 0.333. The van der Waals surface area contributed by atoms with Crippen LogP contribution in [-0.4, -0.2) is 29.7 Å². The summed E-state index contributed by atoms with van der Waals surface area (Å²) in [6, 6.07) is 5.79. The number of anilines is 1. The van der Waals surface area contributed by atoms with E-state index < -0.39 is 17.2 Å². The summed E-state index contributed by atoms with van der Waals surface area (Å²) >= 11 is 0. The number of hydrogen-bond acceptors (Lipinski definition) is 6. The average molecular weight is 410 g/mol. The van der Waals surface area contributed by atoms with Crippen LogP contribution >= 0.6 is 0 Å². The highest BCUT2D eigenvalue weighted by molar-refractivity contribution is 5.92. The number of hydrogen-bond donors (Lipinski definition) is 2. The molecular formula is C21H20F2N6O. The summed E-state index contributed by atoms with van der Waals surface area (Å²) in [7, 11) is 0. The number of rotatable bonds is 3. The summed E-state index contributed by atoms with van der Waals surface area (Å²) in [6.07, 6.45) is 3.31. The third-order valence-corrected chi connectivity index (χ3v) is 5.75. The predicted molar refractivity (Wildman–Crippen MR) is 107 cm³/mol. The number of aromatic nitrogens is 5. The fourth-order valence-electron chi connectivity index (χ4n) is 3.93. The molecule has 1 fully saturated rings. The van der Waals surface area contributed by atoms with E-state index >= 15 is 0 Å². The summed E-state index contributed by atoms with van der Waals surface area (Å²) in [5, 5.41) is 14.7. The summed E-state index contributed by atoms with van der Waals surface area (Å²) in [5.41, 5.74) is 6.99. The van der Waals surface area contributed by atoms with Gasteiger partial charge in [0.2, 0.25) is 5.95 Å². The molecule has 154 valence electrons. The number of nitrogens with two attached hydrogens (primary N) is 1. The van der Waals surface area contributed by atoms with E-state index in [1.165, 1.54) is 10.6 Å². The number of aliphatic hydroxyl groups is 1. The first-order valence-corrected chi connectivity index (χ1v) is 9.70. The Labute approximate surface area is 170 Å². The molecule has 0 unspecified atom stereocenters. The van der Waals surface area contributed by atoms with E-state index in [0.29, 0.717) is 11.5 Å². The number of fused-ring (bicyclic) bond motifs is 3. The minimum Gasteiger partial charge on any atom is -0.386 e. The lowest BCUT2D eigenvalue weighted by atomic mass is 9.72. The molecular weight excluding hydrogens is 390 g/mol. The van der Waals surface area contributed by atoms with Gasteiger partial charge in [-0.3, -0.25) is 4.98 Å². The van der Waals surface area contributed by atoms with Crippen molar-refractivity contribution in [3.05, 3.63) is 59.2 Å². The summed E-state index contributed by atoms with van der Waals surface area (Å²) in [6.45, 7) is 3.44. The monoisotopic (exact) mass is 410 g/mol. The Kier molecular flexibility index (Phi) is 4.01. The Bertz CT molecular complexity index is 1270. The first kappa shape index (κ1) is 18.8. The van der Waals surface area contributed by atoms with Crippen molar-refractivity contribution in [1.29, 1.82) is 0 Å². The van der Waals surface area contributed by atoms with Crippen molar-refractivity contribution in [3.8, 4) is 0 Å². The Morgan fingerprint density at radius 3 is 2.57 bits per heavy atom. The zero-order valence-corrected chi connectivity index (χ0v) is 16.5. The fourth-order valence-corrected chi connectivity index (χ4v) is 3.93. The smallest absolute Gasteiger partial charge is 0.223 e. The van der Waals surface area contributed by atoms with Gasteiger partial charge in [-0.15, -0.1) is 5.10 Å². The van der Waals surface area contributed by atoms with Crippen LogP contribution in [0.4, 0.5) is 14.7 Å². The highest BCUT2D eigenvalue weighted by atomic mass is 19.1. The molecule has 3 aromatic heterocycles. The largest absolute Gasteiger partial charge is 0.386 e. The van der Waals surface area contributed by atoms with Gasteiger partial charge in [0.05, 0.1) is 11.0 Å². The van der Waals surface area contributed by atoms with Crippen LogP contribution in [0.1, 0.15) is 55.6 Å². The molecule has 0 bridgehead atoms. The molecule has 3 heterocycles. The molecule has 0 aliphatic heterocycles. The summed E-state index contributed by atoms with van der Waals surface area (Å²) in [4.78, 5) is 13.0. The maximum atomic E-state index is 14.1. The normalized spacial score (nSPS) is 19.4. The van der Waals surface area contributed by atoms with Crippen molar-refractivity contribution < 1.29 is 13.9 Å². The first-order chi connectivity index (χ1) is 14.2. The minimum atomic E-state index is -0.927. The average Bonchev–Trinajstić information content (AvgIpc) is 3.07. The Morgan fingerprint density at radius 2 is 1.90 bits per heavy atom. The van der Waals surface area contributed by atoms with E-state index in [4.69, 9.17) is 5.73 Å². The van der Waals surface area contributed by atoms with Gasteiger partial charge >= 0.3 is 0 Å². The van der Waals surface area contributed by atoms with E-state index in [1.807, 2.05) is 12.1 Å². The molecule has 30 heavy (non-hydrogen) atoms. The third-order valence-electron chi connectivity index (χ3n) is 5.75. The number of pyridine rings is 1. The van der Waals surface area contributed by atoms with Gasteiger partial charge in [-0.05, 0) is 38.8 Å². The van der Waals surface area contributed by atoms with Gasteiger partial charge in [0, 0.05) is 35.4 Å². The van der Waals surface area contributed by atoms with Crippen LogP contribution in [0.5, 0.6) is 0 Å². The second-order valence-corrected chi connectivity index (χ2v) is 8.36. The van der Waals surface area contributed by atoms with Gasteiger partial charge < -0.3 is 10.8 Å². The van der Waals surface area contributed by atoms with E-state index in [1.54, 1.807) is 20.0 Å². The van der Waals surface area contributed by atoms with Gasteiger partial charge in [-0.25, -0.2) is 18.7 Å². The van der Waals surface area contributed by atoms with Crippen LogP contribution < -0.4 is 5.73 Å². The molecule has 0 saturated heterocycles. The SMILES string of the molecule is CC(C)(O)c1ccc(C2CC(c3nc4c5cc(F)cc(F)c5nc(N)n4n3)C2)nc1. The van der Waals surface area contributed by atoms with Gasteiger partial charge in [-0.2, -0.15) is 4.52 Å². The lowest BCUT2D eigenvalue weighted by Gasteiger charge is -2.33. The Morgan fingerprint density at radius 1 is 1.13 bits per heavy atom. The molecule has 4 aromatic rings. The maximum absolute atomic E-state index is 14.1. The van der Waals surface area contributed by atoms with E-state index in [0.717, 1.165) is 30.2 Å². The molecule has 1 saturated carbocycles. The lowest BCUT2D eigenvalue weighted by Crippen LogP contribution is -2.23. The third kappa shape index (κ3) is 2.97. The molecule has 3 N–H and O–H groups in total. The van der Waals surface area contributed by atoms with Gasteiger partial charge in [-0.1, -0.05) is 6.07 Å². The quantitative estimate of drug-likeness (QED) is 0.537. The van der Waals surface area contributed by atoms with Crippen LogP contribution in [0.3, 0.4) is 0 Å². The molecule has 0 spiro atoms. The molecule has 5 rings (SSSR count). The standard InChI is InChI=1S/C21H20F2N6O/c1-21(2,30)12-3-4-16(25-9-12)10-5-11(6-10)18-27-19-14-7-13(22)8-15(23)17(14)26-20(24)29(19)28-18/h3-4,7-11,30H,5-6H2,1-2H3,(H2,24,26). The Hall–Kier alpha value is -3.20. The molecule has 0 radical (unpaired) electrons. The summed E-state index contributed by atoms with van der Waals surface area (Å²) < 4.78 is 29.2. The molecule has 9 heteroatoms. The number of benzene rings is 1. The zero-order chi connectivity index (χ0) is 21.2. The van der Waals surface area contributed by atoms with Gasteiger partial charge in [0.1, 0.15) is 11.3 Å². The van der Waals surface area contributed by atoms with Crippen LogP contribution in [0.25, 0.3) is 16.6 Å². The molecule has 1 aromatic carbocycles. The van der Waals surface area contributed by atoms with Crippen molar-refractivity contribution in [2.45, 2.75) is 44.1 Å².